The molecule has 4 aromatic carbocycles. The van der Waals surface area contributed by atoms with Crippen LogP contribution in [0.15, 0.2) is 94.9 Å². The molecule has 0 aliphatic heterocycles. The van der Waals surface area contributed by atoms with Gasteiger partial charge in [-0.05, 0) is 75.9 Å². The molecule has 0 radical (unpaired) electrons. The van der Waals surface area contributed by atoms with Gasteiger partial charge in [-0.3, -0.25) is 9.98 Å². The molecule has 0 unspecified atom stereocenters. The van der Waals surface area contributed by atoms with E-state index < -0.39 is 0 Å². The Hall–Kier alpha value is -4.18. The number of para-hydroxylation sites is 2. The van der Waals surface area contributed by atoms with Crippen LogP contribution in [0.2, 0.25) is 0 Å². The van der Waals surface area contributed by atoms with Crippen molar-refractivity contribution in [3.8, 4) is 11.5 Å². The molecule has 0 bridgehead atoms. The second-order valence-electron chi connectivity index (χ2n) is 12.0. The van der Waals surface area contributed by atoms with Crippen LogP contribution in [0.4, 0.5) is 11.4 Å². The Labute approximate surface area is 232 Å². The quantitative estimate of drug-likeness (QED) is 0.251. The van der Waals surface area contributed by atoms with Gasteiger partial charge in [-0.25, -0.2) is 0 Å². The first kappa shape index (κ1) is 27.8. The molecule has 4 aromatic rings. The predicted octanol–water partition coefficient (Wildman–Crippen LogP) is 8.78. The van der Waals surface area contributed by atoms with Gasteiger partial charge in [0.15, 0.2) is 0 Å². The molecule has 4 rings (SSSR count). The predicted molar refractivity (Wildman–Crippen MR) is 164 cm³/mol. The number of hydrogen-bond donors (Lipinski definition) is 2. The average molecular weight is 519 g/mol. The highest BCUT2D eigenvalue weighted by Crippen LogP contribution is 2.33. The molecule has 4 nitrogen and oxygen atoms in total. The first-order chi connectivity index (χ1) is 18.4. The Morgan fingerprint density at radius 1 is 0.538 bits per heavy atom. The summed E-state index contributed by atoms with van der Waals surface area (Å²) in [6, 6.07) is 27.9. The molecule has 0 aliphatic carbocycles. The van der Waals surface area contributed by atoms with Crippen molar-refractivity contribution in [2.24, 2.45) is 9.98 Å². The summed E-state index contributed by atoms with van der Waals surface area (Å²) in [5.74, 6) is 0.571. The molecular weight excluding hydrogens is 480 g/mol. The minimum atomic E-state index is -0.138. The van der Waals surface area contributed by atoms with Crippen molar-refractivity contribution in [3.05, 3.63) is 118 Å². The van der Waals surface area contributed by atoms with Crippen molar-refractivity contribution in [1.82, 2.24) is 0 Å². The first-order valence-electron chi connectivity index (χ1n) is 13.3. The monoisotopic (exact) mass is 518 g/mol. The van der Waals surface area contributed by atoms with Crippen LogP contribution in [-0.2, 0) is 17.3 Å². The number of phenolic OH excluding ortho intramolecular Hbond substituents is 2. The molecule has 39 heavy (non-hydrogen) atoms. The molecular formula is C35H38N2O2. The van der Waals surface area contributed by atoms with Gasteiger partial charge < -0.3 is 10.2 Å². The van der Waals surface area contributed by atoms with Gasteiger partial charge in [-0.1, -0.05) is 90.1 Å². The fraction of sp³-hybridized carbons (Fsp3) is 0.257. The molecule has 0 atom stereocenters. The van der Waals surface area contributed by atoms with Crippen LogP contribution >= 0.6 is 0 Å². The second kappa shape index (κ2) is 11.3. The highest BCUT2D eigenvalue weighted by molar-refractivity contribution is 5.87. The highest BCUT2D eigenvalue weighted by Gasteiger charge is 2.20. The summed E-state index contributed by atoms with van der Waals surface area (Å²) < 4.78 is 0. The molecule has 0 saturated heterocycles. The van der Waals surface area contributed by atoms with Crippen LogP contribution in [0.25, 0.3) is 0 Å². The zero-order valence-corrected chi connectivity index (χ0v) is 23.7. The molecule has 0 aliphatic rings. The van der Waals surface area contributed by atoms with Gasteiger partial charge >= 0.3 is 0 Å². The Bertz CT molecular complexity index is 1370. The van der Waals surface area contributed by atoms with E-state index in [1.165, 1.54) is 11.1 Å². The van der Waals surface area contributed by atoms with Gasteiger partial charge in [0.05, 0.1) is 11.4 Å². The standard InChI is InChI=1S/C35H38N2O2/c1-34(2,3)30-11-7-9-26(32(30)38)22-36-28-17-13-24(14-18-28)21-25-15-19-29(20-16-25)37-23-27-10-8-12-31(33(27)39)35(4,5)6/h7-20,22-23,38-39H,21H2,1-6H3. The second-order valence-corrected chi connectivity index (χ2v) is 12.0. The Morgan fingerprint density at radius 2 is 0.897 bits per heavy atom. The third-order valence-corrected chi connectivity index (χ3v) is 6.74. The van der Waals surface area contributed by atoms with E-state index in [4.69, 9.17) is 0 Å². The van der Waals surface area contributed by atoms with Crippen molar-refractivity contribution in [2.45, 2.75) is 58.8 Å². The Morgan fingerprint density at radius 3 is 1.23 bits per heavy atom. The zero-order valence-electron chi connectivity index (χ0n) is 23.7. The molecule has 200 valence electrons. The maximum atomic E-state index is 10.7. The molecule has 0 spiro atoms. The Balaban J connectivity index is 1.40. The Kier molecular flexibility index (Phi) is 8.06. The van der Waals surface area contributed by atoms with Gasteiger partial charge in [-0.15, -0.1) is 0 Å². The van der Waals surface area contributed by atoms with Crippen LogP contribution in [-0.4, -0.2) is 22.6 Å². The molecule has 0 fully saturated rings. The first-order valence-corrected chi connectivity index (χ1v) is 13.3. The number of aromatic hydroxyl groups is 2. The largest absolute Gasteiger partial charge is 0.507 e. The lowest BCUT2D eigenvalue weighted by Crippen LogP contribution is -2.11. The average Bonchev–Trinajstić information content (AvgIpc) is 2.88. The lowest BCUT2D eigenvalue weighted by molar-refractivity contribution is 0.445. The van der Waals surface area contributed by atoms with Crippen LogP contribution in [0, 0.1) is 0 Å². The summed E-state index contributed by atoms with van der Waals surface area (Å²) in [6.07, 6.45) is 4.24. The zero-order chi connectivity index (χ0) is 28.2. The smallest absolute Gasteiger partial charge is 0.128 e. The number of benzene rings is 4. The minimum Gasteiger partial charge on any atom is -0.507 e. The molecule has 0 heterocycles. The van der Waals surface area contributed by atoms with Crippen molar-refractivity contribution >= 4 is 23.8 Å². The van der Waals surface area contributed by atoms with E-state index in [1.807, 2.05) is 60.7 Å². The van der Waals surface area contributed by atoms with Crippen molar-refractivity contribution in [3.63, 3.8) is 0 Å². The number of phenols is 2. The van der Waals surface area contributed by atoms with E-state index in [0.717, 1.165) is 28.9 Å². The number of rotatable bonds is 6. The van der Waals surface area contributed by atoms with Gasteiger partial charge in [0, 0.05) is 23.6 Å². The molecule has 0 saturated carbocycles. The van der Waals surface area contributed by atoms with E-state index in [0.29, 0.717) is 11.1 Å². The van der Waals surface area contributed by atoms with Gasteiger partial charge in [0.25, 0.3) is 0 Å². The van der Waals surface area contributed by atoms with Gasteiger partial charge in [-0.2, -0.15) is 0 Å². The van der Waals surface area contributed by atoms with E-state index >= 15 is 0 Å². The van der Waals surface area contributed by atoms with E-state index in [1.54, 1.807) is 12.4 Å². The maximum absolute atomic E-state index is 10.7. The molecule has 0 aromatic heterocycles. The molecule has 0 amide bonds. The van der Waals surface area contributed by atoms with E-state index in [-0.39, 0.29) is 22.3 Å². The summed E-state index contributed by atoms with van der Waals surface area (Å²) in [6.45, 7) is 12.5. The summed E-state index contributed by atoms with van der Waals surface area (Å²) >= 11 is 0. The lowest BCUT2D eigenvalue weighted by atomic mass is 9.85. The van der Waals surface area contributed by atoms with Crippen LogP contribution < -0.4 is 0 Å². The van der Waals surface area contributed by atoms with Crippen molar-refractivity contribution in [2.75, 3.05) is 0 Å². The fourth-order valence-electron chi connectivity index (χ4n) is 4.47. The van der Waals surface area contributed by atoms with Crippen molar-refractivity contribution in [1.29, 1.82) is 0 Å². The SMILES string of the molecule is CC(C)(C)c1cccc(C=Nc2ccc(Cc3ccc(N=Cc4cccc(C(C)(C)C)c4O)cc3)cc2)c1O. The van der Waals surface area contributed by atoms with E-state index in [9.17, 15) is 10.2 Å². The van der Waals surface area contributed by atoms with Crippen LogP contribution in [0.3, 0.4) is 0 Å². The van der Waals surface area contributed by atoms with E-state index in [2.05, 4.69) is 75.8 Å². The van der Waals surface area contributed by atoms with Gasteiger partial charge in [0.2, 0.25) is 0 Å². The topological polar surface area (TPSA) is 65.2 Å². The number of aliphatic imine (C=N–C) groups is 2. The third-order valence-electron chi connectivity index (χ3n) is 6.74. The molecule has 2 N–H and O–H groups in total. The fourth-order valence-corrected chi connectivity index (χ4v) is 4.47. The van der Waals surface area contributed by atoms with Crippen LogP contribution in [0.5, 0.6) is 11.5 Å². The molecule has 4 heteroatoms. The highest BCUT2D eigenvalue weighted by atomic mass is 16.3. The maximum Gasteiger partial charge on any atom is 0.128 e. The summed E-state index contributed by atoms with van der Waals surface area (Å²) in [5.41, 5.74) is 7.02. The van der Waals surface area contributed by atoms with Gasteiger partial charge in [0.1, 0.15) is 11.5 Å². The van der Waals surface area contributed by atoms with Crippen LogP contribution in [0.1, 0.15) is 74.9 Å². The minimum absolute atomic E-state index is 0.138. The van der Waals surface area contributed by atoms with Crippen molar-refractivity contribution < 1.29 is 10.2 Å². The summed E-state index contributed by atoms with van der Waals surface area (Å²) in [4.78, 5) is 9.14. The number of hydrogen-bond acceptors (Lipinski definition) is 4. The summed E-state index contributed by atoms with van der Waals surface area (Å²) in [5, 5.41) is 21.3. The third kappa shape index (κ3) is 7.02. The lowest BCUT2D eigenvalue weighted by Gasteiger charge is -2.21. The summed E-state index contributed by atoms with van der Waals surface area (Å²) in [7, 11) is 0. The normalized spacial score (nSPS) is 12.5. The number of nitrogens with zero attached hydrogens (tertiary/aromatic N) is 2.